The first-order valence-electron chi connectivity index (χ1n) is 6.58. The average Bonchev–Trinajstić information content (AvgIpc) is 2.26. The fraction of sp³-hybridized carbons (Fsp3) is 0.533. The zero-order valence-electron chi connectivity index (χ0n) is 11.0. The Kier molecular flexibility index (Phi) is 4.02. The minimum atomic E-state index is -0.707. The SMILES string of the molecule is CC(C)C1CN(C(Cc2ccccc2)C(=O)O)C1. The van der Waals surface area contributed by atoms with E-state index in [1.807, 2.05) is 30.3 Å². The van der Waals surface area contributed by atoms with Gasteiger partial charge in [-0.05, 0) is 23.8 Å². The number of nitrogens with zero attached hydrogens (tertiary/aromatic N) is 1. The van der Waals surface area contributed by atoms with E-state index < -0.39 is 5.97 Å². The van der Waals surface area contributed by atoms with Crippen molar-refractivity contribution >= 4 is 5.97 Å². The molecule has 0 radical (unpaired) electrons. The molecule has 1 aromatic rings. The van der Waals surface area contributed by atoms with Crippen LogP contribution in [0.15, 0.2) is 30.3 Å². The molecule has 0 amide bonds. The van der Waals surface area contributed by atoms with Crippen LogP contribution in [0.3, 0.4) is 0 Å². The van der Waals surface area contributed by atoms with E-state index in [1.165, 1.54) is 0 Å². The lowest BCUT2D eigenvalue weighted by atomic mass is 9.86. The molecule has 18 heavy (non-hydrogen) atoms. The van der Waals surface area contributed by atoms with Crippen LogP contribution in [0.4, 0.5) is 0 Å². The average molecular weight is 247 g/mol. The number of likely N-dealkylation sites (tertiary alicyclic amines) is 1. The second kappa shape index (κ2) is 5.53. The molecule has 1 aromatic carbocycles. The van der Waals surface area contributed by atoms with E-state index in [4.69, 9.17) is 0 Å². The Morgan fingerprint density at radius 3 is 2.44 bits per heavy atom. The number of rotatable bonds is 5. The summed E-state index contributed by atoms with van der Waals surface area (Å²) in [6.45, 7) is 6.24. The van der Waals surface area contributed by atoms with Crippen molar-refractivity contribution in [2.24, 2.45) is 11.8 Å². The van der Waals surface area contributed by atoms with Crippen LogP contribution in [0.1, 0.15) is 19.4 Å². The van der Waals surface area contributed by atoms with Gasteiger partial charge in [-0.2, -0.15) is 0 Å². The first-order valence-corrected chi connectivity index (χ1v) is 6.58. The van der Waals surface area contributed by atoms with Gasteiger partial charge in [-0.3, -0.25) is 9.69 Å². The van der Waals surface area contributed by atoms with E-state index >= 15 is 0 Å². The van der Waals surface area contributed by atoms with Crippen LogP contribution in [-0.2, 0) is 11.2 Å². The maximum atomic E-state index is 11.4. The number of hydrogen-bond acceptors (Lipinski definition) is 2. The van der Waals surface area contributed by atoms with Gasteiger partial charge in [0, 0.05) is 13.1 Å². The van der Waals surface area contributed by atoms with Crippen LogP contribution in [-0.4, -0.2) is 35.1 Å². The Labute approximate surface area is 108 Å². The summed E-state index contributed by atoms with van der Waals surface area (Å²) in [6, 6.07) is 9.49. The normalized spacial score (nSPS) is 18.6. The molecule has 1 fully saturated rings. The number of carboxylic acids is 1. The summed E-state index contributed by atoms with van der Waals surface area (Å²) in [4.78, 5) is 13.5. The second-order valence-corrected chi connectivity index (χ2v) is 5.50. The van der Waals surface area contributed by atoms with Gasteiger partial charge >= 0.3 is 5.97 Å². The molecule has 1 N–H and O–H groups in total. The third kappa shape index (κ3) is 2.91. The Hall–Kier alpha value is -1.35. The maximum absolute atomic E-state index is 11.4. The summed E-state index contributed by atoms with van der Waals surface area (Å²) in [6.07, 6.45) is 0.598. The first-order chi connectivity index (χ1) is 8.58. The molecule has 0 aromatic heterocycles. The van der Waals surface area contributed by atoms with Gasteiger partial charge in [0.25, 0.3) is 0 Å². The highest BCUT2D eigenvalue weighted by Crippen LogP contribution is 2.26. The fourth-order valence-corrected chi connectivity index (χ4v) is 2.44. The molecule has 3 nitrogen and oxygen atoms in total. The van der Waals surface area contributed by atoms with E-state index in [2.05, 4.69) is 18.7 Å². The highest BCUT2D eigenvalue weighted by Gasteiger charge is 2.37. The predicted molar refractivity (Wildman–Crippen MR) is 71.5 cm³/mol. The number of aliphatic carboxylic acids is 1. The van der Waals surface area contributed by atoms with Gasteiger partial charge in [-0.15, -0.1) is 0 Å². The summed E-state index contributed by atoms with van der Waals surface area (Å²) in [5, 5.41) is 9.35. The van der Waals surface area contributed by atoms with Crippen LogP contribution in [0.2, 0.25) is 0 Å². The first kappa shape index (κ1) is 13.1. The Morgan fingerprint density at radius 1 is 1.33 bits per heavy atom. The summed E-state index contributed by atoms with van der Waals surface area (Å²) in [5.74, 6) is 0.594. The third-order valence-corrected chi connectivity index (χ3v) is 3.88. The molecule has 1 aliphatic heterocycles. The zero-order chi connectivity index (χ0) is 13.1. The van der Waals surface area contributed by atoms with Gasteiger partial charge in [-0.1, -0.05) is 44.2 Å². The molecule has 0 spiro atoms. The molecule has 1 unspecified atom stereocenters. The molecule has 1 aliphatic rings. The van der Waals surface area contributed by atoms with E-state index in [9.17, 15) is 9.90 Å². The van der Waals surface area contributed by atoms with Gasteiger partial charge in [0.05, 0.1) is 0 Å². The highest BCUT2D eigenvalue weighted by molar-refractivity contribution is 5.74. The smallest absolute Gasteiger partial charge is 0.321 e. The predicted octanol–water partition coefficient (Wildman–Crippen LogP) is 2.27. The maximum Gasteiger partial charge on any atom is 0.321 e. The largest absolute Gasteiger partial charge is 0.480 e. The van der Waals surface area contributed by atoms with E-state index in [-0.39, 0.29) is 6.04 Å². The van der Waals surface area contributed by atoms with Crippen molar-refractivity contribution in [1.82, 2.24) is 4.90 Å². The van der Waals surface area contributed by atoms with Crippen molar-refractivity contribution in [3.8, 4) is 0 Å². The summed E-state index contributed by atoms with van der Waals surface area (Å²) < 4.78 is 0. The van der Waals surface area contributed by atoms with E-state index in [0.29, 0.717) is 18.3 Å². The molecule has 2 rings (SSSR count). The lowest BCUT2D eigenvalue weighted by molar-refractivity contribution is -0.146. The standard InChI is InChI=1S/C15H21NO2/c1-11(2)13-9-16(10-13)14(15(17)18)8-12-6-4-3-5-7-12/h3-7,11,13-14H,8-10H2,1-2H3,(H,17,18). The van der Waals surface area contributed by atoms with Crippen molar-refractivity contribution in [3.63, 3.8) is 0 Å². The molecule has 0 aliphatic carbocycles. The van der Waals surface area contributed by atoms with E-state index in [1.54, 1.807) is 0 Å². The summed E-state index contributed by atoms with van der Waals surface area (Å²) in [5.41, 5.74) is 1.10. The lowest BCUT2D eigenvalue weighted by Crippen LogP contribution is -2.57. The van der Waals surface area contributed by atoms with Crippen molar-refractivity contribution in [3.05, 3.63) is 35.9 Å². The van der Waals surface area contributed by atoms with Gasteiger partial charge in [0.15, 0.2) is 0 Å². The Balaban J connectivity index is 1.96. The molecule has 98 valence electrons. The Bertz CT molecular complexity index is 396. The molecular formula is C15H21NO2. The quantitative estimate of drug-likeness (QED) is 0.867. The van der Waals surface area contributed by atoms with Gasteiger partial charge in [-0.25, -0.2) is 0 Å². The van der Waals surface area contributed by atoms with Crippen molar-refractivity contribution < 1.29 is 9.90 Å². The monoisotopic (exact) mass is 247 g/mol. The molecule has 3 heteroatoms. The number of carbonyl (C=O) groups is 1. The van der Waals surface area contributed by atoms with Crippen molar-refractivity contribution in [2.45, 2.75) is 26.3 Å². The molecular weight excluding hydrogens is 226 g/mol. The van der Waals surface area contributed by atoms with Crippen molar-refractivity contribution in [1.29, 1.82) is 0 Å². The zero-order valence-corrected chi connectivity index (χ0v) is 11.0. The highest BCUT2D eigenvalue weighted by atomic mass is 16.4. The van der Waals surface area contributed by atoms with Gasteiger partial charge < -0.3 is 5.11 Å². The van der Waals surface area contributed by atoms with Crippen LogP contribution in [0.5, 0.6) is 0 Å². The van der Waals surface area contributed by atoms with Crippen LogP contribution in [0.25, 0.3) is 0 Å². The minimum absolute atomic E-state index is 0.373. The molecule has 1 saturated heterocycles. The van der Waals surface area contributed by atoms with Gasteiger partial charge in [0.1, 0.15) is 6.04 Å². The lowest BCUT2D eigenvalue weighted by Gasteiger charge is -2.44. The third-order valence-electron chi connectivity index (χ3n) is 3.88. The number of benzene rings is 1. The molecule has 1 atom stereocenters. The minimum Gasteiger partial charge on any atom is -0.480 e. The molecule has 0 saturated carbocycles. The van der Waals surface area contributed by atoms with E-state index in [0.717, 1.165) is 18.7 Å². The molecule has 1 heterocycles. The van der Waals surface area contributed by atoms with Crippen LogP contribution < -0.4 is 0 Å². The molecule has 0 bridgehead atoms. The second-order valence-electron chi connectivity index (χ2n) is 5.50. The van der Waals surface area contributed by atoms with Crippen molar-refractivity contribution in [2.75, 3.05) is 13.1 Å². The topological polar surface area (TPSA) is 40.5 Å². The number of carboxylic acid groups (broad SMARTS) is 1. The van der Waals surface area contributed by atoms with Crippen LogP contribution in [0, 0.1) is 11.8 Å². The van der Waals surface area contributed by atoms with Crippen LogP contribution >= 0.6 is 0 Å². The summed E-state index contributed by atoms with van der Waals surface area (Å²) in [7, 11) is 0. The summed E-state index contributed by atoms with van der Waals surface area (Å²) >= 11 is 0. The van der Waals surface area contributed by atoms with Gasteiger partial charge in [0.2, 0.25) is 0 Å². The number of hydrogen-bond donors (Lipinski definition) is 1. The Morgan fingerprint density at radius 2 is 1.94 bits per heavy atom. The fourth-order valence-electron chi connectivity index (χ4n) is 2.44.